The van der Waals surface area contributed by atoms with Crippen molar-refractivity contribution < 1.29 is 18.3 Å². The molecule has 4 bridgehead atoms. The van der Waals surface area contributed by atoms with Gasteiger partial charge in [-0.1, -0.05) is 12.1 Å². The van der Waals surface area contributed by atoms with Gasteiger partial charge in [0.25, 0.3) is 0 Å². The van der Waals surface area contributed by atoms with Crippen LogP contribution >= 0.6 is 0 Å². The third-order valence-electron chi connectivity index (χ3n) is 6.55. The lowest BCUT2D eigenvalue weighted by Gasteiger charge is -2.57. The lowest BCUT2D eigenvalue weighted by Crippen LogP contribution is -2.59. The van der Waals surface area contributed by atoms with Crippen LogP contribution in [-0.2, 0) is 11.2 Å². The van der Waals surface area contributed by atoms with Gasteiger partial charge < -0.3 is 15.4 Å². The monoisotopic (exact) mass is 378 g/mol. The van der Waals surface area contributed by atoms with E-state index in [1.807, 2.05) is 0 Å². The normalized spacial score (nSPS) is 31.3. The zero-order valence-electron chi connectivity index (χ0n) is 15.6. The number of rotatable bonds is 8. The number of ether oxygens (including phenoxy) is 1. The van der Waals surface area contributed by atoms with Crippen LogP contribution in [0, 0.1) is 17.8 Å². The van der Waals surface area contributed by atoms with E-state index in [-0.39, 0.29) is 17.2 Å². The van der Waals surface area contributed by atoms with E-state index in [4.69, 9.17) is 0 Å². The number of carbonyl (C=O) groups excluding carboxylic acids is 1. The second kappa shape index (κ2) is 7.74. The van der Waals surface area contributed by atoms with Gasteiger partial charge in [-0.05, 0) is 80.4 Å². The first-order valence-corrected chi connectivity index (χ1v) is 10.1. The predicted molar refractivity (Wildman–Crippen MR) is 98.7 cm³/mol. The molecule has 0 aromatic heterocycles. The number of benzene rings is 1. The maximum Gasteiger partial charge on any atom is 0.387 e. The molecule has 2 N–H and O–H groups in total. The molecule has 4 saturated carbocycles. The first kappa shape index (κ1) is 18.7. The highest BCUT2D eigenvalue weighted by Gasteiger charge is 2.50. The van der Waals surface area contributed by atoms with Gasteiger partial charge in [-0.3, -0.25) is 4.79 Å². The smallest absolute Gasteiger partial charge is 0.387 e. The van der Waals surface area contributed by atoms with Crippen LogP contribution in [0.3, 0.4) is 0 Å². The van der Waals surface area contributed by atoms with Crippen molar-refractivity contribution in [1.29, 1.82) is 0 Å². The molecule has 6 heteroatoms. The molecule has 4 aliphatic rings. The van der Waals surface area contributed by atoms with E-state index >= 15 is 0 Å². The Bertz CT molecular complexity index is 627. The van der Waals surface area contributed by atoms with E-state index in [9.17, 15) is 13.6 Å². The van der Waals surface area contributed by atoms with E-state index in [1.165, 1.54) is 50.7 Å². The van der Waals surface area contributed by atoms with Gasteiger partial charge in [0, 0.05) is 12.1 Å². The summed E-state index contributed by atoms with van der Waals surface area (Å²) >= 11 is 0. The first-order chi connectivity index (χ1) is 13.0. The van der Waals surface area contributed by atoms with Crippen molar-refractivity contribution in [3.63, 3.8) is 0 Å². The molecule has 0 aliphatic heterocycles. The molecular weight excluding hydrogens is 350 g/mol. The molecule has 0 atom stereocenters. The Balaban J connectivity index is 1.18. The highest BCUT2D eigenvalue weighted by molar-refractivity contribution is 5.78. The summed E-state index contributed by atoms with van der Waals surface area (Å²) in [7, 11) is 0. The van der Waals surface area contributed by atoms with E-state index in [2.05, 4.69) is 15.4 Å². The minimum Gasteiger partial charge on any atom is -0.435 e. The Hall–Kier alpha value is -1.69. The van der Waals surface area contributed by atoms with E-state index < -0.39 is 6.61 Å². The lowest BCUT2D eigenvalue weighted by atomic mass is 9.53. The maximum absolute atomic E-state index is 12.2. The molecule has 4 aliphatic carbocycles. The molecule has 1 aromatic carbocycles. The van der Waals surface area contributed by atoms with Crippen LogP contribution in [0.1, 0.15) is 44.1 Å². The minimum absolute atomic E-state index is 0.0309. The third-order valence-corrected chi connectivity index (χ3v) is 6.55. The average Bonchev–Trinajstić information content (AvgIpc) is 2.60. The predicted octanol–water partition coefficient (Wildman–Crippen LogP) is 3.51. The van der Waals surface area contributed by atoms with Crippen LogP contribution in [0.25, 0.3) is 0 Å². The van der Waals surface area contributed by atoms with Gasteiger partial charge in [-0.15, -0.1) is 0 Å². The largest absolute Gasteiger partial charge is 0.435 e. The van der Waals surface area contributed by atoms with Crippen LogP contribution in [0.15, 0.2) is 24.3 Å². The molecule has 1 amide bonds. The Morgan fingerprint density at radius 1 is 1.07 bits per heavy atom. The van der Waals surface area contributed by atoms with Gasteiger partial charge in [-0.2, -0.15) is 8.78 Å². The van der Waals surface area contributed by atoms with Crippen molar-refractivity contribution in [3.05, 3.63) is 29.8 Å². The van der Waals surface area contributed by atoms with E-state index in [0.717, 1.165) is 23.3 Å². The van der Waals surface area contributed by atoms with Crippen LogP contribution in [0.2, 0.25) is 0 Å². The molecule has 0 unspecified atom stereocenters. The molecule has 1 aromatic rings. The number of amides is 1. The molecular formula is C21H28F2N2O2. The van der Waals surface area contributed by atoms with E-state index in [0.29, 0.717) is 19.5 Å². The number of hydrogen-bond donors (Lipinski definition) is 2. The van der Waals surface area contributed by atoms with Crippen LogP contribution in [-0.4, -0.2) is 31.1 Å². The van der Waals surface area contributed by atoms with Crippen LogP contribution in [0.4, 0.5) is 8.78 Å². The standard InChI is InChI=1S/C21H28F2N2O2/c22-20(23)27-18-3-1-14(2-4-18)5-6-24-19(26)13-25-21-10-15-7-16(11-21)9-17(8-15)12-21/h1-4,15-17,20,25H,5-13H2,(H,24,26). The summed E-state index contributed by atoms with van der Waals surface area (Å²) in [5, 5.41) is 6.56. The Labute approximate surface area is 159 Å². The van der Waals surface area contributed by atoms with Gasteiger partial charge in [0.1, 0.15) is 5.75 Å². The van der Waals surface area contributed by atoms with Crippen molar-refractivity contribution in [3.8, 4) is 5.75 Å². The van der Waals surface area contributed by atoms with Gasteiger partial charge in [0.15, 0.2) is 0 Å². The zero-order chi connectivity index (χ0) is 18.9. The molecule has 0 spiro atoms. The summed E-state index contributed by atoms with van der Waals surface area (Å²) in [4.78, 5) is 12.2. The quantitative estimate of drug-likeness (QED) is 0.728. The SMILES string of the molecule is O=C(CNC12CC3CC(CC(C3)C1)C2)NCCc1ccc(OC(F)F)cc1. The number of halogens is 2. The van der Waals surface area contributed by atoms with Crippen molar-refractivity contribution in [2.75, 3.05) is 13.1 Å². The number of alkyl halides is 2. The maximum atomic E-state index is 12.2. The van der Waals surface area contributed by atoms with Gasteiger partial charge in [0.2, 0.25) is 5.91 Å². The fourth-order valence-corrected chi connectivity index (χ4v) is 5.84. The zero-order valence-corrected chi connectivity index (χ0v) is 15.6. The molecule has 148 valence electrons. The first-order valence-electron chi connectivity index (χ1n) is 10.1. The molecule has 4 nitrogen and oxygen atoms in total. The number of hydrogen-bond acceptors (Lipinski definition) is 3. The second-order valence-electron chi connectivity index (χ2n) is 8.67. The highest BCUT2D eigenvalue weighted by atomic mass is 19.3. The van der Waals surface area contributed by atoms with Crippen LogP contribution in [0.5, 0.6) is 5.75 Å². The molecule has 0 saturated heterocycles. The van der Waals surface area contributed by atoms with Crippen molar-refractivity contribution in [2.24, 2.45) is 17.8 Å². The summed E-state index contributed by atoms with van der Waals surface area (Å²) in [6.07, 6.45) is 8.56. The average molecular weight is 378 g/mol. The summed E-state index contributed by atoms with van der Waals surface area (Å²) in [6, 6.07) is 6.55. The van der Waals surface area contributed by atoms with Gasteiger partial charge in [-0.25, -0.2) is 0 Å². The summed E-state index contributed by atoms with van der Waals surface area (Å²) < 4.78 is 28.6. The molecule has 0 radical (unpaired) electrons. The lowest BCUT2D eigenvalue weighted by molar-refractivity contribution is -0.121. The second-order valence-corrected chi connectivity index (χ2v) is 8.67. The summed E-state index contributed by atoms with van der Waals surface area (Å²) in [6.45, 7) is -1.89. The molecule has 5 rings (SSSR count). The Kier molecular flexibility index (Phi) is 5.35. The molecule has 4 fully saturated rings. The van der Waals surface area contributed by atoms with Crippen molar-refractivity contribution >= 4 is 5.91 Å². The molecule has 0 heterocycles. The van der Waals surface area contributed by atoms with Crippen LogP contribution < -0.4 is 15.4 Å². The Morgan fingerprint density at radius 3 is 2.22 bits per heavy atom. The summed E-state index contributed by atoms with van der Waals surface area (Å²) in [5.41, 5.74) is 1.18. The van der Waals surface area contributed by atoms with Crippen molar-refractivity contribution in [1.82, 2.24) is 10.6 Å². The van der Waals surface area contributed by atoms with Crippen molar-refractivity contribution in [2.45, 2.75) is 57.1 Å². The highest BCUT2D eigenvalue weighted by Crippen LogP contribution is 2.55. The fourth-order valence-electron chi connectivity index (χ4n) is 5.84. The summed E-state index contributed by atoms with van der Waals surface area (Å²) in [5.74, 6) is 2.78. The van der Waals surface area contributed by atoms with Gasteiger partial charge >= 0.3 is 6.61 Å². The third kappa shape index (κ3) is 4.60. The Morgan fingerprint density at radius 2 is 1.67 bits per heavy atom. The minimum atomic E-state index is -2.81. The topological polar surface area (TPSA) is 50.4 Å². The fraction of sp³-hybridized carbons (Fsp3) is 0.667. The molecule has 27 heavy (non-hydrogen) atoms. The van der Waals surface area contributed by atoms with E-state index in [1.54, 1.807) is 12.1 Å². The number of carbonyl (C=O) groups is 1. The number of nitrogens with one attached hydrogen (secondary N) is 2. The van der Waals surface area contributed by atoms with Gasteiger partial charge in [0.05, 0.1) is 6.54 Å².